The van der Waals surface area contributed by atoms with Crippen LogP contribution < -0.4 is 10.9 Å². The first kappa shape index (κ1) is 17.7. The highest BCUT2D eigenvalue weighted by molar-refractivity contribution is 5.95. The molecule has 0 fully saturated rings. The highest BCUT2D eigenvalue weighted by atomic mass is 16.4. The Morgan fingerprint density at radius 3 is 2.09 bits per heavy atom. The van der Waals surface area contributed by atoms with Crippen LogP contribution in [0.5, 0.6) is 0 Å². The van der Waals surface area contributed by atoms with E-state index in [0.29, 0.717) is 5.56 Å². The summed E-state index contributed by atoms with van der Waals surface area (Å²) in [4.78, 5) is 33.6. The summed E-state index contributed by atoms with van der Waals surface area (Å²) in [7, 11) is 0. The topological polar surface area (TPSA) is 95.5 Å². The lowest BCUT2D eigenvalue weighted by molar-refractivity contribution is -0.137. The maximum absolute atomic E-state index is 11.9. The molecule has 0 unspecified atom stereocenters. The fourth-order valence-electron chi connectivity index (χ4n) is 1.78. The lowest BCUT2D eigenvalue weighted by atomic mass is 9.87. The van der Waals surface area contributed by atoms with E-state index in [-0.39, 0.29) is 24.7 Å². The predicted octanol–water partition coefficient (Wildman–Crippen LogP) is 2.00. The van der Waals surface area contributed by atoms with Gasteiger partial charge in [-0.05, 0) is 29.5 Å². The Bertz CT molecular complexity index is 544. The number of hydrogen-bond acceptors (Lipinski definition) is 3. The largest absolute Gasteiger partial charge is 0.481 e. The third kappa shape index (κ3) is 5.95. The summed E-state index contributed by atoms with van der Waals surface area (Å²) in [6, 6.07) is 7.16. The Kier molecular flexibility index (Phi) is 6.10. The van der Waals surface area contributed by atoms with E-state index < -0.39 is 17.8 Å². The molecule has 0 saturated heterocycles. The number of hydrogen-bond donors (Lipinski definition) is 3. The van der Waals surface area contributed by atoms with Gasteiger partial charge in [-0.2, -0.15) is 0 Å². The van der Waals surface area contributed by atoms with Crippen LogP contribution in [-0.4, -0.2) is 22.9 Å². The highest BCUT2D eigenvalue weighted by Crippen LogP contribution is 2.22. The van der Waals surface area contributed by atoms with E-state index in [0.717, 1.165) is 5.56 Å². The van der Waals surface area contributed by atoms with Crippen molar-refractivity contribution in [3.63, 3.8) is 0 Å². The van der Waals surface area contributed by atoms with E-state index >= 15 is 0 Å². The minimum atomic E-state index is -0.948. The molecule has 0 aliphatic heterocycles. The standard InChI is InChI=1S/C16H22N2O4/c1-16(2,3)12-9-7-11(8-10-12)15(22)18-17-13(19)5-4-6-14(20)21/h7-10H,4-6H2,1-3H3,(H,17,19)(H,18,22)(H,20,21). The first-order chi connectivity index (χ1) is 10.2. The van der Waals surface area contributed by atoms with Crippen molar-refractivity contribution in [2.45, 2.75) is 45.4 Å². The van der Waals surface area contributed by atoms with Gasteiger partial charge in [-0.15, -0.1) is 0 Å². The van der Waals surface area contributed by atoms with Gasteiger partial charge in [0.25, 0.3) is 5.91 Å². The number of benzene rings is 1. The molecule has 0 radical (unpaired) electrons. The maximum Gasteiger partial charge on any atom is 0.303 e. The molecule has 0 aliphatic rings. The van der Waals surface area contributed by atoms with Gasteiger partial charge < -0.3 is 5.11 Å². The van der Waals surface area contributed by atoms with Gasteiger partial charge in [0.1, 0.15) is 0 Å². The van der Waals surface area contributed by atoms with E-state index in [1.165, 1.54) is 0 Å². The first-order valence-corrected chi connectivity index (χ1v) is 7.11. The summed E-state index contributed by atoms with van der Waals surface area (Å²) in [5, 5.41) is 8.47. The van der Waals surface area contributed by atoms with Crippen molar-refractivity contribution in [1.29, 1.82) is 0 Å². The van der Waals surface area contributed by atoms with Gasteiger partial charge in [-0.3, -0.25) is 25.2 Å². The van der Waals surface area contributed by atoms with Crippen molar-refractivity contribution in [2.24, 2.45) is 0 Å². The molecule has 0 heterocycles. The summed E-state index contributed by atoms with van der Waals surface area (Å²) in [6.07, 6.45) is 0.211. The second-order valence-electron chi connectivity index (χ2n) is 6.08. The molecule has 0 saturated carbocycles. The Hall–Kier alpha value is -2.37. The van der Waals surface area contributed by atoms with Crippen LogP contribution in [0.15, 0.2) is 24.3 Å². The Morgan fingerprint density at radius 1 is 1.00 bits per heavy atom. The van der Waals surface area contributed by atoms with Crippen LogP contribution in [0.2, 0.25) is 0 Å². The summed E-state index contributed by atoms with van der Waals surface area (Å²) in [5.74, 6) is -1.77. The van der Waals surface area contributed by atoms with E-state index in [9.17, 15) is 14.4 Å². The smallest absolute Gasteiger partial charge is 0.303 e. The molecule has 2 amide bonds. The molecule has 1 rings (SSSR count). The fraction of sp³-hybridized carbons (Fsp3) is 0.438. The Morgan fingerprint density at radius 2 is 1.59 bits per heavy atom. The molecule has 0 aliphatic carbocycles. The van der Waals surface area contributed by atoms with Crippen molar-refractivity contribution < 1.29 is 19.5 Å². The lowest BCUT2D eigenvalue weighted by Gasteiger charge is -2.19. The third-order valence-corrected chi connectivity index (χ3v) is 3.12. The molecule has 0 aromatic heterocycles. The quantitative estimate of drug-likeness (QED) is 0.725. The SMILES string of the molecule is CC(C)(C)c1ccc(C(=O)NNC(=O)CCCC(=O)O)cc1. The van der Waals surface area contributed by atoms with Crippen molar-refractivity contribution in [1.82, 2.24) is 10.9 Å². The number of carboxylic acids is 1. The van der Waals surface area contributed by atoms with Crippen LogP contribution in [0, 0.1) is 0 Å². The number of hydrazine groups is 1. The molecular weight excluding hydrogens is 284 g/mol. The molecule has 1 aromatic rings. The molecular formula is C16H22N2O4. The number of nitrogens with one attached hydrogen (secondary N) is 2. The van der Waals surface area contributed by atoms with Gasteiger partial charge in [0.05, 0.1) is 0 Å². The number of carbonyl (C=O) groups is 3. The highest BCUT2D eigenvalue weighted by Gasteiger charge is 2.14. The summed E-state index contributed by atoms with van der Waals surface area (Å²) in [6.45, 7) is 6.25. The zero-order valence-corrected chi connectivity index (χ0v) is 13.1. The zero-order valence-electron chi connectivity index (χ0n) is 13.1. The van der Waals surface area contributed by atoms with Gasteiger partial charge in [0.2, 0.25) is 5.91 Å². The van der Waals surface area contributed by atoms with Crippen molar-refractivity contribution >= 4 is 17.8 Å². The van der Waals surface area contributed by atoms with Crippen LogP contribution in [0.1, 0.15) is 56.0 Å². The van der Waals surface area contributed by atoms with E-state index in [2.05, 4.69) is 31.6 Å². The molecule has 1 aromatic carbocycles. The minimum Gasteiger partial charge on any atom is -0.481 e. The second kappa shape index (κ2) is 7.59. The molecule has 0 spiro atoms. The van der Waals surface area contributed by atoms with Crippen LogP contribution in [0.25, 0.3) is 0 Å². The average molecular weight is 306 g/mol. The molecule has 6 nitrogen and oxygen atoms in total. The minimum absolute atomic E-state index is 0.00730. The molecule has 0 atom stereocenters. The van der Waals surface area contributed by atoms with Gasteiger partial charge in [-0.1, -0.05) is 32.9 Å². The predicted molar refractivity (Wildman–Crippen MR) is 82.2 cm³/mol. The number of rotatable bonds is 5. The molecule has 120 valence electrons. The van der Waals surface area contributed by atoms with Crippen LogP contribution >= 0.6 is 0 Å². The molecule has 3 N–H and O–H groups in total. The molecule has 6 heteroatoms. The van der Waals surface area contributed by atoms with Gasteiger partial charge >= 0.3 is 5.97 Å². The van der Waals surface area contributed by atoms with Crippen molar-refractivity contribution in [2.75, 3.05) is 0 Å². The Labute approximate surface area is 129 Å². The molecule has 0 bridgehead atoms. The summed E-state index contributed by atoms with van der Waals surface area (Å²) < 4.78 is 0. The van der Waals surface area contributed by atoms with Gasteiger partial charge in [-0.25, -0.2) is 0 Å². The van der Waals surface area contributed by atoms with E-state index in [4.69, 9.17) is 5.11 Å². The molecule has 22 heavy (non-hydrogen) atoms. The van der Waals surface area contributed by atoms with Gasteiger partial charge in [0, 0.05) is 18.4 Å². The summed E-state index contributed by atoms with van der Waals surface area (Å²) in [5.41, 5.74) is 6.14. The maximum atomic E-state index is 11.9. The van der Waals surface area contributed by atoms with Crippen molar-refractivity contribution in [3.8, 4) is 0 Å². The third-order valence-electron chi connectivity index (χ3n) is 3.12. The van der Waals surface area contributed by atoms with Crippen molar-refractivity contribution in [3.05, 3.63) is 35.4 Å². The van der Waals surface area contributed by atoms with Crippen LogP contribution in [-0.2, 0) is 15.0 Å². The van der Waals surface area contributed by atoms with E-state index in [1.54, 1.807) is 12.1 Å². The fourth-order valence-corrected chi connectivity index (χ4v) is 1.78. The van der Waals surface area contributed by atoms with Crippen LogP contribution in [0.4, 0.5) is 0 Å². The first-order valence-electron chi connectivity index (χ1n) is 7.11. The normalized spacial score (nSPS) is 10.9. The van der Waals surface area contributed by atoms with Crippen LogP contribution in [0.3, 0.4) is 0 Å². The van der Waals surface area contributed by atoms with E-state index in [1.807, 2.05) is 12.1 Å². The second-order valence-corrected chi connectivity index (χ2v) is 6.08. The number of carbonyl (C=O) groups excluding carboxylic acids is 2. The lowest BCUT2D eigenvalue weighted by Crippen LogP contribution is -2.41. The number of carboxylic acid groups (broad SMARTS) is 1. The van der Waals surface area contributed by atoms with Gasteiger partial charge in [0.15, 0.2) is 0 Å². The number of aliphatic carboxylic acids is 1. The summed E-state index contributed by atoms with van der Waals surface area (Å²) >= 11 is 0. The Balaban J connectivity index is 2.45. The average Bonchev–Trinajstić information content (AvgIpc) is 2.43. The number of amides is 2. The zero-order chi connectivity index (χ0) is 16.8. The monoisotopic (exact) mass is 306 g/mol.